The number of nitrogens with one attached hydrogen (secondary N) is 1. The van der Waals surface area contributed by atoms with Gasteiger partial charge in [0.25, 0.3) is 5.91 Å². The van der Waals surface area contributed by atoms with Crippen molar-refractivity contribution >= 4 is 34.6 Å². The van der Waals surface area contributed by atoms with Gasteiger partial charge in [-0.25, -0.2) is 4.98 Å². The van der Waals surface area contributed by atoms with Gasteiger partial charge in [-0.1, -0.05) is 11.8 Å². The predicted molar refractivity (Wildman–Crippen MR) is 112 cm³/mol. The molecule has 0 aliphatic carbocycles. The van der Waals surface area contributed by atoms with Gasteiger partial charge in [-0.3, -0.25) is 9.79 Å². The zero-order valence-electron chi connectivity index (χ0n) is 16.6. The number of fused-ring (bicyclic) bond motifs is 1. The van der Waals surface area contributed by atoms with Crippen LogP contribution in [-0.2, 0) is 16.1 Å². The highest BCUT2D eigenvalue weighted by Crippen LogP contribution is 2.48. The van der Waals surface area contributed by atoms with E-state index < -0.39 is 5.54 Å². The van der Waals surface area contributed by atoms with Gasteiger partial charge >= 0.3 is 0 Å². The molecule has 158 valence electrons. The zero-order valence-corrected chi connectivity index (χ0v) is 18.2. The molecule has 1 saturated heterocycles. The maximum Gasteiger partial charge on any atom is 0.278 e. The first-order valence-electron chi connectivity index (χ1n) is 9.36. The van der Waals surface area contributed by atoms with Crippen molar-refractivity contribution in [1.29, 1.82) is 0 Å². The molecule has 0 bridgehead atoms. The summed E-state index contributed by atoms with van der Waals surface area (Å²) in [6, 6.07) is 0. The van der Waals surface area contributed by atoms with Crippen molar-refractivity contribution in [3.63, 3.8) is 0 Å². The molecular weight excluding hydrogens is 414 g/mol. The van der Waals surface area contributed by atoms with Crippen LogP contribution in [0.2, 0.25) is 0 Å². The Morgan fingerprint density at radius 1 is 1.55 bits per heavy atom. The van der Waals surface area contributed by atoms with Crippen LogP contribution in [0.3, 0.4) is 0 Å². The molecule has 0 aromatic carbocycles. The quantitative estimate of drug-likeness (QED) is 0.705. The van der Waals surface area contributed by atoms with Crippen LogP contribution >= 0.6 is 23.5 Å². The third kappa shape index (κ3) is 3.88. The molecule has 1 amide bonds. The fourth-order valence-electron chi connectivity index (χ4n) is 3.94. The van der Waals surface area contributed by atoms with E-state index in [9.17, 15) is 4.79 Å². The summed E-state index contributed by atoms with van der Waals surface area (Å²) in [6.07, 6.45) is 2.48. The highest BCUT2D eigenvalue weighted by atomic mass is 32.2. The normalized spacial score (nSPS) is 31.8. The minimum Gasteiger partial charge on any atom is -0.446 e. The van der Waals surface area contributed by atoms with Gasteiger partial charge in [0.05, 0.1) is 12.7 Å². The Kier molecular flexibility index (Phi) is 5.83. The molecule has 0 saturated carbocycles. The highest BCUT2D eigenvalue weighted by Gasteiger charge is 2.54. The molecule has 3 aliphatic heterocycles. The molecule has 11 heteroatoms. The summed E-state index contributed by atoms with van der Waals surface area (Å²) in [7, 11) is 3.49. The molecule has 9 nitrogen and oxygen atoms in total. The molecule has 1 aromatic rings. The van der Waals surface area contributed by atoms with Crippen molar-refractivity contribution in [2.45, 2.75) is 37.0 Å². The largest absolute Gasteiger partial charge is 0.446 e. The molecule has 4 rings (SSSR count). The Bertz CT molecular complexity index is 844. The molecule has 3 aliphatic rings. The number of aliphatic imine (C=N–C) groups is 1. The number of nitrogens with zero attached hydrogens (tertiary/aromatic N) is 3. The second-order valence-corrected chi connectivity index (χ2v) is 9.42. The fraction of sp³-hybridized carbons (Fsp3) is 0.611. The summed E-state index contributed by atoms with van der Waals surface area (Å²) in [5.41, 5.74) is 5.88. The van der Waals surface area contributed by atoms with E-state index in [0.717, 1.165) is 12.2 Å². The lowest BCUT2D eigenvalue weighted by atomic mass is 9.79. The van der Waals surface area contributed by atoms with Crippen molar-refractivity contribution in [2.24, 2.45) is 16.6 Å². The Balaban J connectivity index is 1.49. The number of oxazole rings is 1. The summed E-state index contributed by atoms with van der Waals surface area (Å²) in [5, 5.41) is 5.44. The molecule has 1 fully saturated rings. The molecule has 1 aromatic heterocycles. The van der Waals surface area contributed by atoms with Gasteiger partial charge in [-0.05, 0) is 13.3 Å². The predicted octanol–water partition coefficient (Wildman–Crippen LogP) is 1.58. The number of rotatable bonds is 5. The maximum absolute atomic E-state index is 12.6. The van der Waals surface area contributed by atoms with Gasteiger partial charge in [0, 0.05) is 31.2 Å². The van der Waals surface area contributed by atoms with E-state index in [2.05, 4.69) is 17.2 Å². The number of carbonyl (C=O) groups excluding carboxylic acids is 1. The molecule has 0 spiro atoms. The number of hydrogen-bond acceptors (Lipinski definition) is 10. The van der Waals surface area contributed by atoms with Crippen molar-refractivity contribution in [2.75, 3.05) is 26.5 Å². The molecule has 4 atom stereocenters. The molecule has 0 radical (unpaired) electrons. The zero-order chi connectivity index (χ0) is 20.6. The van der Waals surface area contributed by atoms with Crippen molar-refractivity contribution < 1.29 is 18.7 Å². The smallest absolute Gasteiger partial charge is 0.278 e. The van der Waals surface area contributed by atoms with Crippen LogP contribution in [0.15, 0.2) is 26.9 Å². The first-order chi connectivity index (χ1) is 13.9. The number of methoxy groups -OCH3 is 1. The second-order valence-electron chi connectivity index (χ2n) is 7.42. The van der Waals surface area contributed by atoms with Crippen LogP contribution in [0, 0.1) is 5.92 Å². The molecule has 3 N–H and O–H groups in total. The Morgan fingerprint density at radius 2 is 2.38 bits per heavy atom. The van der Waals surface area contributed by atoms with Gasteiger partial charge in [-0.2, -0.15) is 0 Å². The maximum atomic E-state index is 12.6. The number of hydrogen-bond donors (Lipinski definition) is 2. The number of thioether (sulfide) groups is 2. The minimum atomic E-state index is -0.441. The Labute approximate surface area is 177 Å². The van der Waals surface area contributed by atoms with E-state index >= 15 is 0 Å². The highest BCUT2D eigenvalue weighted by molar-refractivity contribution is 8.13. The Hall–Kier alpha value is -1.69. The average molecular weight is 440 g/mol. The summed E-state index contributed by atoms with van der Waals surface area (Å²) >= 11 is 3.24. The van der Waals surface area contributed by atoms with Crippen molar-refractivity contribution in [3.8, 4) is 0 Å². The van der Waals surface area contributed by atoms with Crippen molar-refractivity contribution in [1.82, 2.24) is 15.2 Å². The number of aromatic nitrogens is 1. The molecule has 29 heavy (non-hydrogen) atoms. The van der Waals surface area contributed by atoms with Gasteiger partial charge in [-0.15, -0.1) is 11.8 Å². The van der Waals surface area contributed by atoms with E-state index in [1.807, 2.05) is 17.4 Å². The van der Waals surface area contributed by atoms with Gasteiger partial charge in [0.1, 0.15) is 29.6 Å². The van der Waals surface area contributed by atoms with E-state index in [0.29, 0.717) is 29.4 Å². The molecule has 4 heterocycles. The van der Waals surface area contributed by atoms with Crippen LogP contribution in [0.4, 0.5) is 0 Å². The van der Waals surface area contributed by atoms with Crippen LogP contribution < -0.4 is 11.1 Å². The van der Waals surface area contributed by atoms with Crippen LogP contribution in [0.25, 0.3) is 0 Å². The topological polar surface area (TPSA) is 115 Å². The minimum absolute atomic E-state index is 0.0175. The standard InChI is InChI=1S/C18H25N5O4S2/c1-10-4-11-7-29-17(19)22-18(11,9-27-10)16-23(2)13(8-28-16)21-15(24)12-5-26-14(20-12)6-25-3/h5,8,10-11,16H,4,6-7,9H2,1-3H3,(H2,19,22)(H,21,24). The summed E-state index contributed by atoms with van der Waals surface area (Å²) < 4.78 is 16.2. The van der Waals surface area contributed by atoms with Gasteiger partial charge in [0.2, 0.25) is 5.89 Å². The monoisotopic (exact) mass is 439 g/mol. The van der Waals surface area contributed by atoms with Crippen LogP contribution in [-0.4, -0.2) is 64.5 Å². The fourth-order valence-corrected chi connectivity index (χ4v) is 6.30. The number of likely N-dealkylation sites (N-methyl/N-ethyl adjacent to an activating group) is 1. The van der Waals surface area contributed by atoms with Crippen molar-refractivity contribution in [3.05, 3.63) is 29.1 Å². The van der Waals surface area contributed by atoms with E-state index in [4.69, 9.17) is 24.6 Å². The van der Waals surface area contributed by atoms with Gasteiger partial charge in [0.15, 0.2) is 10.9 Å². The number of nitrogens with two attached hydrogens (primary N) is 1. The van der Waals surface area contributed by atoms with E-state index in [1.165, 1.54) is 6.26 Å². The molecule has 4 unspecified atom stereocenters. The SMILES string of the molecule is COCc1nc(C(=O)NC2=CSC(C34COC(C)CC3CSC(N)=N4)N2C)co1. The van der Waals surface area contributed by atoms with E-state index in [1.54, 1.807) is 30.6 Å². The first kappa shape index (κ1) is 20.6. The first-order valence-corrected chi connectivity index (χ1v) is 11.3. The van der Waals surface area contributed by atoms with Crippen LogP contribution in [0.1, 0.15) is 29.7 Å². The summed E-state index contributed by atoms with van der Waals surface area (Å²) in [6.45, 7) is 2.83. The summed E-state index contributed by atoms with van der Waals surface area (Å²) in [4.78, 5) is 23.7. The number of amidine groups is 1. The summed E-state index contributed by atoms with van der Waals surface area (Å²) in [5.74, 6) is 2.01. The second kappa shape index (κ2) is 8.21. The number of amides is 1. The number of carbonyl (C=O) groups is 1. The van der Waals surface area contributed by atoms with Gasteiger partial charge < -0.3 is 29.8 Å². The number of ether oxygens (including phenoxy) is 2. The lowest BCUT2D eigenvalue weighted by molar-refractivity contribution is -0.0552. The van der Waals surface area contributed by atoms with E-state index in [-0.39, 0.29) is 29.7 Å². The lowest BCUT2D eigenvalue weighted by Gasteiger charge is -2.50. The average Bonchev–Trinajstić information content (AvgIpc) is 3.30. The molecular formula is C18H25N5O4S2. The third-order valence-corrected chi connectivity index (χ3v) is 7.73. The van der Waals surface area contributed by atoms with Crippen LogP contribution in [0.5, 0.6) is 0 Å². The third-order valence-electron chi connectivity index (χ3n) is 5.43. The lowest BCUT2D eigenvalue weighted by Crippen LogP contribution is -2.61. The Morgan fingerprint density at radius 3 is 3.17 bits per heavy atom.